The highest BCUT2D eigenvalue weighted by molar-refractivity contribution is 6.01. The molecule has 0 heterocycles. The third-order valence-corrected chi connectivity index (χ3v) is 4.06. The van der Waals surface area contributed by atoms with Crippen molar-refractivity contribution in [3.8, 4) is 0 Å². The van der Waals surface area contributed by atoms with Crippen molar-refractivity contribution in [2.24, 2.45) is 0 Å². The average Bonchev–Trinajstić information content (AvgIpc) is 2.89. The summed E-state index contributed by atoms with van der Waals surface area (Å²) in [5.74, 6) is -3.07. The van der Waals surface area contributed by atoms with Gasteiger partial charge in [0.05, 0.1) is 0 Å². The summed E-state index contributed by atoms with van der Waals surface area (Å²) >= 11 is 0. The molecule has 1 atom stereocenters. The van der Waals surface area contributed by atoms with Crippen molar-refractivity contribution in [1.82, 2.24) is 10.2 Å². The topological polar surface area (TPSA) is 136 Å². The molecule has 2 rings (SSSR count). The SMILES string of the molecule is CNC(=O)Nc1ccc2c(c1)CC[C@]2(O)C(=O)N(CC(=O)O)C(C)=O. The third kappa shape index (κ3) is 3.61. The minimum Gasteiger partial charge on any atom is -0.480 e. The number of nitrogens with one attached hydrogen (secondary N) is 2. The van der Waals surface area contributed by atoms with E-state index < -0.39 is 36.0 Å². The second-order valence-electron chi connectivity index (χ2n) is 5.74. The van der Waals surface area contributed by atoms with Gasteiger partial charge >= 0.3 is 12.0 Å². The maximum Gasteiger partial charge on any atom is 0.323 e. The molecule has 1 aromatic rings. The number of carbonyl (C=O) groups is 4. The molecule has 0 bridgehead atoms. The highest BCUT2D eigenvalue weighted by Gasteiger charge is 2.47. The number of hydrogen-bond donors (Lipinski definition) is 4. The zero-order chi connectivity index (χ0) is 18.8. The first kappa shape index (κ1) is 18.4. The minimum atomic E-state index is -1.97. The molecule has 9 heteroatoms. The van der Waals surface area contributed by atoms with Gasteiger partial charge in [-0.2, -0.15) is 0 Å². The maximum absolute atomic E-state index is 12.6. The Labute approximate surface area is 143 Å². The fourth-order valence-corrected chi connectivity index (χ4v) is 2.83. The Bertz CT molecular complexity index is 747. The molecular formula is C16H19N3O6. The van der Waals surface area contributed by atoms with E-state index in [4.69, 9.17) is 5.11 Å². The number of fused-ring (bicyclic) bond motifs is 1. The highest BCUT2D eigenvalue weighted by Crippen LogP contribution is 2.39. The Kier molecular flexibility index (Phi) is 5.07. The molecule has 1 aliphatic rings. The minimum absolute atomic E-state index is 0.0218. The van der Waals surface area contributed by atoms with E-state index in [1.165, 1.54) is 19.2 Å². The van der Waals surface area contributed by atoms with Gasteiger partial charge in [-0.15, -0.1) is 0 Å². The molecule has 0 aromatic heterocycles. The van der Waals surface area contributed by atoms with Crippen molar-refractivity contribution in [2.75, 3.05) is 18.9 Å². The lowest BCUT2D eigenvalue weighted by atomic mass is 9.94. The molecule has 0 aliphatic heterocycles. The molecule has 4 amide bonds. The molecule has 9 nitrogen and oxygen atoms in total. The lowest BCUT2D eigenvalue weighted by Gasteiger charge is -2.28. The van der Waals surface area contributed by atoms with Crippen molar-refractivity contribution in [3.05, 3.63) is 29.3 Å². The van der Waals surface area contributed by atoms with Gasteiger partial charge in [0, 0.05) is 19.7 Å². The van der Waals surface area contributed by atoms with E-state index in [-0.39, 0.29) is 6.42 Å². The van der Waals surface area contributed by atoms with Crippen LogP contribution in [-0.2, 0) is 26.4 Å². The highest BCUT2D eigenvalue weighted by atomic mass is 16.4. The van der Waals surface area contributed by atoms with E-state index in [0.717, 1.165) is 6.92 Å². The van der Waals surface area contributed by atoms with Crippen LogP contribution >= 0.6 is 0 Å². The van der Waals surface area contributed by atoms with E-state index in [0.29, 0.717) is 28.1 Å². The average molecular weight is 349 g/mol. The van der Waals surface area contributed by atoms with E-state index >= 15 is 0 Å². The number of benzene rings is 1. The van der Waals surface area contributed by atoms with Crippen LogP contribution < -0.4 is 10.6 Å². The zero-order valence-corrected chi connectivity index (χ0v) is 13.8. The van der Waals surface area contributed by atoms with Gasteiger partial charge in [0.1, 0.15) is 6.54 Å². The summed E-state index contributed by atoms with van der Waals surface area (Å²) in [7, 11) is 1.47. The van der Waals surface area contributed by atoms with Gasteiger partial charge < -0.3 is 20.8 Å². The first-order chi connectivity index (χ1) is 11.7. The number of aryl methyl sites for hydroxylation is 1. The summed E-state index contributed by atoms with van der Waals surface area (Å²) in [6, 6.07) is 4.23. The number of hydrogen-bond acceptors (Lipinski definition) is 5. The van der Waals surface area contributed by atoms with Crippen molar-refractivity contribution in [2.45, 2.75) is 25.4 Å². The van der Waals surface area contributed by atoms with Gasteiger partial charge in [0.25, 0.3) is 5.91 Å². The predicted molar refractivity (Wildman–Crippen MR) is 86.8 cm³/mol. The second-order valence-corrected chi connectivity index (χ2v) is 5.74. The van der Waals surface area contributed by atoms with Crippen LogP contribution in [0.25, 0.3) is 0 Å². The normalized spacial score (nSPS) is 18.2. The van der Waals surface area contributed by atoms with Gasteiger partial charge in [0.15, 0.2) is 5.60 Å². The van der Waals surface area contributed by atoms with E-state index in [1.54, 1.807) is 6.07 Å². The smallest absolute Gasteiger partial charge is 0.323 e. The zero-order valence-electron chi connectivity index (χ0n) is 13.8. The molecular weight excluding hydrogens is 330 g/mol. The van der Waals surface area contributed by atoms with Gasteiger partial charge in [-0.25, -0.2) is 4.79 Å². The summed E-state index contributed by atoms with van der Waals surface area (Å²) in [5, 5.41) is 24.7. The lowest BCUT2D eigenvalue weighted by Crippen LogP contribution is -2.49. The number of aliphatic hydroxyl groups is 1. The molecule has 1 aromatic carbocycles. The predicted octanol–water partition coefficient (Wildman–Crippen LogP) is 0.0314. The van der Waals surface area contributed by atoms with Crippen LogP contribution in [0.1, 0.15) is 24.5 Å². The molecule has 0 spiro atoms. The van der Waals surface area contributed by atoms with Gasteiger partial charge in [-0.1, -0.05) is 6.07 Å². The molecule has 0 saturated heterocycles. The number of amides is 4. The Morgan fingerprint density at radius 1 is 1.28 bits per heavy atom. The molecule has 0 radical (unpaired) electrons. The first-order valence-corrected chi connectivity index (χ1v) is 7.58. The van der Waals surface area contributed by atoms with E-state index in [1.807, 2.05) is 0 Å². The van der Waals surface area contributed by atoms with E-state index in [2.05, 4.69) is 10.6 Å². The molecule has 134 valence electrons. The first-order valence-electron chi connectivity index (χ1n) is 7.58. The number of rotatable bonds is 4. The van der Waals surface area contributed by atoms with E-state index in [9.17, 15) is 24.3 Å². The molecule has 0 fully saturated rings. The van der Waals surface area contributed by atoms with Crippen molar-refractivity contribution >= 4 is 29.5 Å². The van der Waals surface area contributed by atoms with Crippen LogP contribution in [0.4, 0.5) is 10.5 Å². The Hall–Kier alpha value is -2.94. The molecule has 25 heavy (non-hydrogen) atoms. The quantitative estimate of drug-likeness (QED) is 0.605. The van der Waals surface area contributed by atoms with Crippen LogP contribution in [0.2, 0.25) is 0 Å². The molecule has 1 aliphatic carbocycles. The number of carbonyl (C=O) groups excluding carboxylic acids is 3. The van der Waals surface area contributed by atoms with Crippen molar-refractivity contribution in [3.63, 3.8) is 0 Å². The van der Waals surface area contributed by atoms with Crippen molar-refractivity contribution in [1.29, 1.82) is 0 Å². The summed E-state index contributed by atoms with van der Waals surface area (Å²) in [6.45, 7) is 0.249. The summed E-state index contributed by atoms with van der Waals surface area (Å²) in [4.78, 5) is 47.0. The van der Waals surface area contributed by atoms with Crippen LogP contribution in [-0.4, -0.2) is 52.5 Å². The number of carboxylic acids is 1. The van der Waals surface area contributed by atoms with Crippen LogP contribution in [0.3, 0.4) is 0 Å². The standard InChI is InChI=1S/C16H19N3O6/c1-9(20)19(8-13(21)22)14(23)16(25)6-5-10-7-11(3-4-12(10)16)18-15(24)17-2/h3-4,7,25H,5-6,8H2,1-2H3,(H,21,22)(H2,17,18,24)/t16-/m1/s1. The lowest BCUT2D eigenvalue weighted by molar-refractivity contribution is -0.163. The number of aliphatic carboxylic acids is 1. The number of imide groups is 1. The Balaban J connectivity index is 2.33. The third-order valence-electron chi connectivity index (χ3n) is 4.06. The second kappa shape index (κ2) is 6.89. The fourth-order valence-electron chi connectivity index (χ4n) is 2.83. The maximum atomic E-state index is 12.6. The molecule has 0 saturated carbocycles. The van der Waals surface area contributed by atoms with Crippen LogP contribution in [0.5, 0.6) is 0 Å². The largest absolute Gasteiger partial charge is 0.480 e. The number of carboxylic acid groups (broad SMARTS) is 1. The monoisotopic (exact) mass is 349 g/mol. The number of urea groups is 1. The Morgan fingerprint density at radius 2 is 1.96 bits per heavy atom. The van der Waals surface area contributed by atoms with Crippen molar-refractivity contribution < 1.29 is 29.4 Å². The molecule has 4 N–H and O–H groups in total. The van der Waals surface area contributed by atoms with Gasteiger partial charge in [-0.3, -0.25) is 19.3 Å². The summed E-state index contributed by atoms with van der Waals surface area (Å²) in [6.07, 6.45) is 0.369. The van der Waals surface area contributed by atoms with Crippen LogP contribution in [0.15, 0.2) is 18.2 Å². The molecule has 0 unspecified atom stereocenters. The number of nitrogens with zero attached hydrogens (tertiary/aromatic N) is 1. The van der Waals surface area contributed by atoms with Gasteiger partial charge in [-0.05, 0) is 36.1 Å². The summed E-state index contributed by atoms with van der Waals surface area (Å²) < 4.78 is 0. The Morgan fingerprint density at radius 3 is 2.52 bits per heavy atom. The number of anilines is 1. The summed E-state index contributed by atoms with van der Waals surface area (Å²) in [5.41, 5.74) is -0.536. The fraction of sp³-hybridized carbons (Fsp3) is 0.375. The van der Waals surface area contributed by atoms with Crippen LogP contribution in [0, 0.1) is 0 Å². The van der Waals surface area contributed by atoms with Gasteiger partial charge in [0.2, 0.25) is 5.91 Å².